The quantitative estimate of drug-likeness (QED) is 0.690. The van der Waals surface area contributed by atoms with E-state index < -0.39 is 6.10 Å². The number of aliphatic hydroxyl groups excluding tert-OH is 1. The summed E-state index contributed by atoms with van der Waals surface area (Å²) in [7, 11) is 0. The summed E-state index contributed by atoms with van der Waals surface area (Å²) in [4.78, 5) is 12.1. The van der Waals surface area contributed by atoms with Crippen LogP contribution in [-0.4, -0.2) is 17.0 Å². The lowest BCUT2D eigenvalue weighted by Gasteiger charge is -2.59. The highest BCUT2D eigenvalue weighted by Crippen LogP contribution is 2.64. The van der Waals surface area contributed by atoms with Gasteiger partial charge in [0.1, 0.15) is 6.10 Å². The second-order valence-electron chi connectivity index (χ2n) is 8.65. The lowest BCUT2D eigenvalue weighted by Crippen LogP contribution is -2.52. The zero-order chi connectivity index (χ0) is 14.8. The molecule has 0 aromatic rings. The number of carbonyl (C=O) groups is 1. The molecule has 0 saturated heterocycles. The van der Waals surface area contributed by atoms with Crippen LogP contribution >= 0.6 is 0 Å². The Balaban J connectivity index is 1.69. The van der Waals surface area contributed by atoms with Crippen molar-refractivity contribution in [1.82, 2.24) is 0 Å². The van der Waals surface area contributed by atoms with Crippen molar-refractivity contribution in [1.29, 1.82) is 0 Å². The number of hydrogen-bond acceptors (Lipinski definition) is 2. The maximum absolute atomic E-state index is 12.1. The molecule has 2 nitrogen and oxygen atoms in total. The Morgan fingerprint density at radius 1 is 1.10 bits per heavy atom. The third kappa shape index (κ3) is 1.72. The molecule has 2 heteroatoms. The van der Waals surface area contributed by atoms with Crippen LogP contribution in [0.25, 0.3) is 0 Å². The first-order valence-electron chi connectivity index (χ1n) is 8.84. The summed E-state index contributed by atoms with van der Waals surface area (Å²) in [6.07, 6.45) is 12.1. The average molecular weight is 288 g/mol. The van der Waals surface area contributed by atoms with Gasteiger partial charge in [-0.25, -0.2) is 0 Å². The summed E-state index contributed by atoms with van der Waals surface area (Å²) in [5.41, 5.74) is 0.307. The first-order valence-corrected chi connectivity index (χ1v) is 8.84. The first kappa shape index (κ1) is 14.0. The zero-order valence-electron chi connectivity index (χ0n) is 13.3. The monoisotopic (exact) mass is 288 g/mol. The normalized spacial score (nSPS) is 55.8. The second kappa shape index (κ2) is 4.44. The maximum atomic E-state index is 12.1. The third-order valence-corrected chi connectivity index (χ3v) is 7.95. The molecular weight excluding hydrogens is 260 g/mol. The third-order valence-electron chi connectivity index (χ3n) is 7.95. The van der Waals surface area contributed by atoms with Gasteiger partial charge < -0.3 is 5.11 Å². The summed E-state index contributed by atoms with van der Waals surface area (Å²) in [5, 5.41) is 10.4. The summed E-state index contributed by atoms with van der Waals surface area (Å²) >= 11 is 0. The van der Waals surface area contributed by atoms with E-state index >= 15 is 0 Å². The summed E-state index contributed by atoms with van der Waals surface area (Å²) in [6.45, 7) is 4.69. The van der Waals surface area contributed by atoms with E-state index in [1.807, 2.05) is 0 Å². The number of allylic oxidation sites excluding steroid dienone is 2. The minimum absolute atomic E-state index is 0.110. The van der Waals surface area contributed by atoms with E-state index in [1.54, 1.807) is 0 Å². The Bertz CT molecular complexity index is 496. The van der Waals surface area contributed by atoms with Crippen LogP contribution in [0.3, 0.4) is 0 Å². The summed E-state index contributed by atoms with van der Waals surface area (Å²) in [5.74, 6) is 2.72. The van der Waals surface area contributed by atoms with Gasteiger partial charge in [-0.3, -0.25) is 4.79 Å². The van der Waals surface area contributed by atoms with Gasteiger partial charge in [-0.15, -0.1) is 0 Å². The molecule has 0 bridgehead atoms. The number of Topliss-reactive ketones (excluding diaryl/α,β-unsaturated/α-hetero) is 1. The van der Waals surface area contributed by atoms with Crippen LogP contribution in [0.5, 0.6) is 0 Å². The van der Waals surface area contributed by atoms with E-state index in [1.165, 1.54) is 32.1 Å². The Labute approximate surface area is 128 Å². The number of ketones is 1. The highest BCUT2D eigenvalue weighted by atomic mass is 16.3. The van der Waals surface area contributed by atoms with Crippen molar-refractivity contribution in [2.45, 2.75) is 64.9 Å². The Morgan fingerprint density at radius 2 is 1.90 bits per heavy atom. The van der Waals surface area contributed by atoms with Crippen molar-refractivity contribution >= 4 is 5.78 Å². The van der Waals surface area contributed by atoms with Crippen molar-refractivity contribution in [3.63, 3.8) is 0 Å². The number of hydrogen-bond donors (Lipinski definition) is 1. The summed E-state index contributed by atoms with van der Waals surface area (Å²) in [6, 6.07) is 0. The number of fused-ring (bicyclic) bond motifs is 5. The standard InChI is InChI=1S/C19H28O2/c1-18-9-4-3-5-12(18)6-7-13-14(18)8-10-19(2)15(13)11-16(20)17(19)21/h3,5,12-15,17,21H,4,6-11H2,1-2H3. The van der Waals surface area contributed by atoms with E-state index in [0.717, 1.165) is 18.3 Å². The van der Waals surface area contributed by atoms with Crippen LogP contribution in [0.15, 0.2) is 12.2 Å². The van der Waals surface area contributed by atoms with Crippen molar-refractivity contribution in [3.05, 3.63) is 12.2 Å². The largest absolute Gasteiger partial charge is 0.385 e. The molecule has 3 saturated carbocycles. The van der Waals surface area contributed by atoms with Gasteiger partial charge in [0.2, 0.25) is 0 Å². The molecule has 0 aromatic carbocycles. The number of rotatable bonds is 0. The van der Waals surface area contributed by atoms with Gasteiger partial charge in [-0.2, -0.15) is 0 Å². The molecule has 116 valence electrons. The van der Waals surface area contributed by atoms with Crippen molar-refractivity contribution in [2.75, 3.05) is 0 Å². The maximum Gasteiger partial charge on any atom is 0.162 e. The van der Waals surface area contributed by atoms with Gasteiger partial charge in [0.25, 0.3) is 0 Å². The van der Waals surface area contributed by atoms with Gasteiger partial charge in [0, 0.05) is 11.8 Å². The van der Waals surface area contributed by atoms with E-state index in [9.17, 15) is 9.90 Å². The number of aliphatic hydroxyl groups is 1. The smallest absolute Gasteiger partial charge is 0.162 e. The fraction of sp³-hybridized carbons (Fsp3) is 0.842. The Kier molecular flexibility index (Phi) is 2.96. The molecule has 4 aliphatic carbocycles. The van der Waals surface area contributed by atoms with Crippen molar-refractivity contribution in [3.8, 4) is 0 Å². The van der Waals surface area contributed by atoms with Gasteiger partial charge in [0.05, 0.1) is 0 Å². The molecule has 0 heterocycles. The average Bonchev–Trinajstić information content (AvgIpc) is 2.70. The SMILES string of the molecule is CC12CCC=CC1CCC1C2CCC2(C)C(O)C(=O)CC12. The van der Waals surface area contributed by atoms with Crippen molar-refractivity contribution < 1.29 is 9.90 Å². The molecule has 4 aliphatic rings. The summed E-state index contributed by atoms with van der Waals surface area (Å²) < 4.78 is 0. The van der Waals surface area contributed by atoms with Crippen LogP contribution in [0.4, 0.5) is 0 Å². The lowest BCUT2D eigenvalue weighted by atomic mass is 9.46. The molecule has 0 aliphatic heterocycles. The molecule has 0 aromatic heterocycles. The molecule has 0 radical (unpaired) electrons. The Hall–Kier alpha value is -0.630. The second-order valence-corrected chi connectivity index (χ2v) is 8.65. The van der Waals surface area contributed by atoms with Gasteiger partial charge in [-0.1, -0.05) is 26.0 Å². The van der Waals surface area contributed by atoms with Gasteiger partial charge in [-0.05, 0) is 67.6 Å². The molecule has 4 rings (SSSR count). The van der Waals surface area contributed by atoms with Gasteiger partial charge in [0.15, 0.2) is 5.78 Å². The van der Waals surface area contributed by atoms with E-state index in [4.69, 9.17) is 0 Å². The molecule has 7 unspecified atom stereocenters. The van der Waals surface area contributed by atoms with Crippen LogP contribution in [0, 0.1) is 34.5 Å². The lowest BCUT2D eigenvalue weighted by molar-refractivity contribution is -0.130. The van der Waals surface area contributed by atoms with E-state index in [0.29, 0.717) is 23.7 Å². The molecule has 0 spiro atoms. The molecule has 0 amide bonds. The molecule has 1 N–H and O–H groups in total. The van der Waals surface area contributed by atoms with E-state index in [-0.39, 0.29) is 11.2 Å². The molecule has 21 heavy (non-hydrogen) atoms. The van der Waals surface area contributed by atoms with Crippen LogP contribution in [0.1, 0.15) is 58.8 Å². The zero-order valence-corrected chi connectivity index (χ0v) is 13.3. The minimum Gasteiger partial charge on any atom is -0.385 e. The fourth-order valence-electron chi connectivity index (χ4n) is 6.60. The van der Waals surface area contributed by atoms with E-state index in [2.05, 4.69) is 26.0 Å². The van der Waals surface area contributed by atoms with Crippen molar-refractivity contribution in [2.24, 2.45) is 34.5 Å². The fourth-order valence-corrected chi connectivity index (χ4v) is 6.60. The molecule has 3 fully saturated rings. The van der Waals surface area contributed by atoms with Gasteiger partial charge >= 0.3 is 0 Å². The minimum atomic E-state index is -0.694. The Morgan fingerprint density at radius 3 is 2.71 bits per heavy atom. The van der Waals surface area contributed by atoms with Crippen LogP contribution < -0.4 is 0 Å². The molecule has 7 atom stereocenters. The molecular formula is C19H28O2. The van der Waals surface area contributed by atoms with Crippen LogP contribution in [0.2, 0.25) is 0 Å². The topological polar surface area (TPSA) is 37.3 Å². The first-order chi connectivity index (χ1) is 9.97. The number of carbonyl (C=O) groups excluding carboxylic acids is 1. The predicted molar refractivity (Wildman–Crippen MR) is 82.6 cm³/mol. The van der Waals surface area contributed by atoms with Crippen LogP contribution in [-0.2, 0) is 4.79 Å². The highest BCUT2D eigenvalue weighted by Gasteiger charge is 2.61. The predicted octanol–water partition coefficient (Wildman–Crippen LogP) is 3.74. The highest BCUT2D eigenvalue weighted by molar-refractivity contribution is 5.86.